The summed E-state index contributed by atoms with van der Waals surface area (Å²) >= 11 is 7.61. The normalized spacial score (nSPS) is 17.3. The number of aromatic nitrogens is 1. The van der Waals surface area contributed by atoms with Crippen molar-refractivity contribution in [3.05, 3.63) is 44.4 Å². The summed E-state index contributed by atoms with van der Waals surface area (Å²) in [7, 11) is 0. The standard InChI is InChI=1S/C16H18ClNOS/c1-10-6-12-13(7-16(2,3)8-14(12)19)18(10)9-11-4-5-15(17)20-11/h4-6H,7-9H2,1-3H3. The van der Waals surface area contributed by atoms with Crippen LogP contribution in [0.1, 0.15) is 46.9 Å². The number of halogens is 1. The molecular formula is C16H18ClNOS. The van der Waals surface area contributed by atoms with E-state index in [2.05, 4.69) is 31.4 Å². The van der Waals surface area contributed by atoms with Crippen LogP contribution < -0.4 is 0 Å². The molecule has 0 aromatic carbocycles. The second-order valence-electron chi connectivity index (χ2n) is 6.38. The zero-order chi connectivity index (χ0) is 14.5. The molecule has 0 saturated heterocycles. The van der Waals surface area contributed by atoms with Crippen LogP contribution in [-0.4, -0.2) is 10.4 Å². The highest BCUT2D eigenvalue weighted by molar-refractivity contribution is 7.16. The lowest BCUT2D eigenvalue weighted by Crippen LogP contribution is -2.28. The van der Waals surface area contributed by atoms with Crippen LogP contribution in [0.3, 0.4) is 0 Å². The van der Waals surface area contributed by atoms with Gasteiger partial charge in [-0.05, 0) is 37.0 Å². The minimum absolute atomic E-state index is 0.0553. The monoisotopic (exact) mass is 307 g/mol. The Bertz CT molecular complexity index is 681. The molecular weight excluding hydrogens is 290 g/mol. The van der Waals surface area contributed by atoms with Gasteiger partial charge in [-0.3, -0.25) is 4.79 Å². The fourth-order valence-electron chi connectivity index (χ4n) is 3.02. The minimum Gasteiger partial charge on any atom is -0.343 e. The highest BCUT2D eigenvalue weighted by atomic mass is 35.5. The molecule has 2 aromatic rings. The molecule has 0 fully saturated rings. The smallest absolute Gasteiger partial charge is 0.165 e. The number of fused-ring (bicyclic) bond motifs is 1. The Labute approximate surface area is 128 Å². The third-order valence-corrected chi connectivity index (χ3v) is 5.16. The van der Waals surface area contributed by atoms with E-state index in [9.17, 15) is 4.79 Å². The number of thiophene rings is 1. The van der Waals surface area contributed by atoms with Gasteiger partial charge in [0.15, 0.2) is 5.78 Å². The molecule has 0 saturated carbocycles. The Hall–Kier alpha value is -1.06. The number of rotatable bonds is 2. The lowest BCUT2D eigenvalue weighted by Gasteiger charge is -2.29. The summed E-state index contributed by atoms with van der Waals surface area (Å²) in [5, 5.41) is 0. The van der Waals surface area contributed by atoms with Crippen molar-refractivity contribution < 1.29 is 4.79 Å². The molecule has 20 heavy (non-hydrogen) atoms. The Morgan fingerprint density at radius 1 is 1.35 bits per heavy atom. The van der Waals surface area contributed by atoms with Gasteiger partial charge in [0.1, 0.15) is 0 Å². The van der Waals surface area contributed by atoms with Gasteiger partial charge >= 0.3 is 0 Å². The number of hydrogen-bond donors (Lipinski definition) is 0. The summed E-state index contributed by atoms with van der Waals surface area (Å²) in [4.78, 5) is 13.5. The molecule has 0 spiro atoms. The molecule has 1 aliphatic carbocycles. The van der Waals surface area contributed by atoms with Crippen LogP contribution in [0.5, 0.6) is 0 Å². The molecule has 2 nitrogen and oxygen atoms in total. The minimum atomic E-state index is 0.0553. The molecule has 0 aliphatic heterocycles. The van der Waals surface area contributed by atoms with Crippen LogP contribution in [0.25, 0.3) is 0 Å². The summed E-state index contributed by atoms with van der Waals surface area (Å²) in [6.07, 6.45) is 1.61. The second kappa shape index (κ2) is 4.74. The fourth-order valence-corrected chi connectivity index (χ4v) is 4.10. The van der Waals surface area contributed by atoms with Gasteiger partial charge in [-0.2, -0.15) is 0 Å². The van der Waals surface area contributed by atoms with E-state index in [0.29, 0.717) is 6.42 Å². The molecule has 0 amide bonds. The lowest BCUT2D eigenvalue weighted by molar-refractivity contribution is 0.0910. The maximum atomic E-state index is 12.3. The number of hydrogen-bond acceptors (Lipinski definition) is 2. The SMILES string of the molecule is Cc1cc2c(n1Cc1ccc(Cl)s1)CC(C)(C)CC2=O. The molecule has 0 N–H and O–H groups in total. The summed E-state index contributed by atoms with van der Waals surface area (Å²) in [6.45, 7) is 7.22. The van der Waals surface area contributed by atoms with Crippen LogP contribution in [0, 0.1) is 12.3 Å². The number of Topliss-reactive ketones (excluding diaryl/α,β-unsaturated/α-hetero) is 1. The largest absolute Gasteiger partial charge is 0.343 e. The van der Waals surface area contributed by atoms with E-state index in [1.165, 1.54) is 10.6 Å². The van der Waals surface area contributed by atoms with E-state index in [-0.39, 0.29) is 11.2 Å². The number of carbonyl (C=O) groups is 1. The van der Waals surface area contributed by atoms with Crippen LogP contribution in [0.15, 0.2) is 18.2 Å². The first-order valence-electron chi connectivity index (χ1n) is 6.82. The average molecular weight is 308 g/mol. The van der Waals surface area contributed by atoms with Gasteiger partial charge in [-0.15, -0.1) is 11.3 Å². The topological polar surface area (TPSA) is 22.0 Å². The molecule has 2 aromatic heterocycles. The van der Waals surface area contributed by atoms with Gasteiger partial charge in [0.25, 0.3) is 0 Å². The van der Waals surface area contributed by atoms with Gasteiger partial charge in [0.2, 0.25) is 0 Å². The molecule has 106 valence electrons. The summed E-state index contributed by atoms with van der Waals surface area (Å²) in [6, 6.07) is 6.04. The molecule has 0 radical (unpaired) electrons. The van der Waals surface area contributed by atoms with Crippen LogP contribution >= 0.6 is 22.9 Å². The highest BCUT2D eigenvalue weighted by Crippen LogP contribution is 2.37. The Balaban J connectivity index is 2.02. The Kier molecular flexibility index (Phi) is 3.30. The quantitative estimate of drug-likeness (QED) is 0.787. The van der Waals surface area contributed by atoms with Crippen molar-refractivity contribution in [2.75, 3.05) is 0 Å². The Morgan fingerprint density at radius 3 is 2.75 bits per heavy atom. The molecule has 0 atom stereocenters. The van der Waals surface area contributed by atoms with E-state index in [4.69, 9.17) is 11.6 Å². The first kappa shape index (κ1) is 13.9. The van der Waals surface area contributed by atoms with Crippen molar-refractivity contribution in [3.8, 4) is 0 Å². The zero-order valence-electron chi connectivity index (χ0n) is 12.0. The maximum absolute atomic E-state index is 12.3. The molecule has 0 unspecified atom stereocenters. The van der Waals surface area contributed by atoms with Gasteiger partial charge in [-0.25, -0.2) is 0 Å². The van der Waals surface area contributed by atoms with Crippen molar-refractivity contribution in [3.63, 3.8) is 0 Å². The van der Waals surface area contributed by atoms with Gasteiger partial charge in [0, 0.05) is 28.2 Å². The molecule has 3 rings (SSSR count). The number of ketones is 1. The molecule has 0 bridgehead atoms. The predicted molar refractivity (Wildman–Crippen MR) is 84.0 cm³/mol. The van der Waals surface area contributed by atoms with E-state index in [1.54, 1.807) is 11.3 Å². The lowest BCUT2D eigenvalue weighted by atomic mass is 9.76. The summed E-state index contributed by atoms with van der Waals surface area (Å²) in [5.74, 6) is 0.280. The first-order valence-corrected chi connectivity index (χ1v) is 8.02. The number of carbonyl (C=O) groups excluding carboxylic acids is 1. The maximum Gasteiger partial charge on any atom is 0.165 e. The number of aryl methyl sites for hydroxylation is 1. The summed E-state index contributed by atoms with van der Waals surface area (Å²) < 4.78 is 3.09. The highest BCUT2D eigenvalue weighted by Gasteiger charge is 2.33. The van der Waals surface area contributed by atoms with Crippen LogP contribution in [-0.2, 0) is 13.0 Å². The fraction of sp³-hybridized carbons (Fsp3) is 0.438. The third-order valence-electron chi connectivity index (χ3n) is 3.94. The van der Waals surface area contributed by atoms with Gasteiger partial charge in [-0.1, -0.05) is 25.4 Å². The zero-order valence-corrected chi connectivity index (χ0v) is 13.6. The molecule has 4 heteroatoms. The Morgan fingerprint density at radius 2 is 2.10 bits per heavy atom. The van der Waals surface area contributed by atoms with E-state index in [0.717, 1.165) is 28.6 Å². The van der Waals surface area contributed by atoms with Crippen LogP contribution in [0.4, 0.5) is 0 Å². The van der Waals surface area contributed by atoms with Gasteiger partial charge < -0.3 is 4.57 Å². The van der Waals surface area contributed by atoms with Crippen molar-refractivity contribution in [2.45, 2.75) is 40.2 Å². The first-order chi connectivity index (χ1) is 9.35. The average Bonchev–Trinajstić information content (AvgIpc) is 2.86. The number of nitrogens with zero attached hydrogens (tertiary/aromatic N) is 1. The van der Waals surface area contributed by atoms with Crippen molar-refractivity contribution >= 4 is 28.7 Å². The van der Waals surface area contributed by atoms with Crippen molar-refractivity contribution in [2.24, 2.45) is 5.41 Å². The molecule has 2 heterocycles. The van der Waals surface area contributed by atoms with Crippen molar-refractivity contribution in [1.82, 2.24) is 4.57 Å². The van der Waals surface area contributed by atoms with Crippen molar-refractivity contribution in [1.29, 1.82) is 0 Å². The second-order valence-corrected chi connectivity index (χ2v) is 8.18. The van der Waals surface area contributed by atoms with E-state index < -0.39 is 0 Å². The van der Waals surface area contributed by atoms with E-state index in [1.807, 2.05) is 12.1 Å². The third kappa shape index (κ3) is 2.45. The molecule has 1 aliphatic rings. The predicted octanol–water partition coefficient (Wildman–Crippen LogP) is 4.71. The van der Waals surface area contributed by atoms with E-state index >= 15 is 0 Å². The summed E-state index contributed by atoms with van der Waals surface area (Å²) in [5.41, 5.74) is 3.32. The van der Waals surface area contributed by atoms with Crippen LogP contribution in [0.2, 0.25) is 4.34 Å². The van der Waals surface area contributed by atoms with Gasteiger partial charge in [0.05, 0.1) is 10.9 Å².